The van der Waals surface area contributed by atoms with Gasteiger partial charge in [0.05, 0.1) is 30.7 Å². The van der Waals surface area contributed by atoms with E-state index < -0.39 is 5.97 Å². The third-order valence-corrected chi connectivity index (χ3v) is 2.51. The smallest absolute Gasteiger partial charge is 0.340 e. The number of aromatic nitrogens is 1. The average Bonchev–Trinajstić information content (AvgIpc) is 2.38. The fraction of sp³-hybridized carbons (Fsp3) is 0.538. The molecule has 0 radical (unpaired) electrons. The maximum Gasteiger partial charge on any atom is 0.340 e. The quantitative estimate of drug-likeness (QED) is 0.729. The van der Waals surface area contributed by atoms with Gasteiger partial charge in [-0.1, -0.05) is 6.92 Å². The van der Waals surface area contributed by atoms with Crippen molar-refractivity contribution in [3.63, 3.8) is 0 Å². The van der Waals surface area contributed by atoms with Gasteiger partial charge >= 0.3 is 5.97 Å². The van der Waals surface area contributed by atoms with E-state index >= 15 is 0 Å². The van der Waals surface area contributed by atoms with Crippen LogP contribution in [0.25, 0.3) is 0 Å². The minimum absolute atomic E-state index is 0.290. The number of ether oxygens (including phenoxy) is 2. The molecule has 0 saturated carbocycles. The summed E-state index contributed by atoms with van der Waals surface area (Å²) in [6.45, 7) is 5.44. The summed E-state index contributed by atoms with van der Waals surface area (Å²) in [5.74, 6) is 0.203. The van der Waals surface area contributed by atoms with E-state index in [4.69, 9.17) is 15.2 Å². The van der Waals surface area contributed by atoms with E-state index in [1.807, 2.05) is 6.92 Å². The number of nitrogen functional groups attached to an aromatic ring is 1. The lowest BCUT2D eigenvalue weighted by Gasteiger charge is -2.15. The first-order valence-electron chi connectivity index (χ1n) is 6.23. The Bertz CT molecular complexity index is 424. The standard InChI is InChI=1S/C13H21N3O3/c1-4-19-13(17)10-5-12(14)16-7-11(10)15-6-9(2)8-18-3/h5,7,9,15H,4,6,8H2,1-3H3,(H2,14,16). The summed E-state index contributed by atoms with van der Waals surface area (Å²) in [6, 6.07) is 1.52. The maximum absolute atomic E-state index is 11.8. The summed E-state index contributed by atoms with van der Waals surface area (Å²) < 4.78 is 10.1. The van der Waals surface area contributed by atoms with Crippen LogP contribution in [0, 0.1) is 5.92 Å². The molecule has 1 aromatic heterocycles. The second-order valence-corrected chi connectivity index (χ2v) is 4.32. The molecule has 0 aromatic carbocycles. The van der Waals surface area contributed by atoms with Gasteiger partial charge in [-0.25, -0.2) is 9.78 Å². The number of pyridine rings is 1. The molecule has 1 unspecified atom stereocenters. The first-order chi connectivity index (χ1) is 9.08. The highest BCUT2D eigenvalue weighted by molar-refractivity contribution is 5.96. The monoisotopic (exact) mass is 267 g/mol. The van der Waals surface area contributed by atoms with Crippen LogP contribution < -0.4 is 11.1 Å². The van der Waals surface area contributed by atoms with Crippen LogP contribution in [-0.4, -0.2) is 37.8 Å². The van der Waals surface area contributed by atoms with Crippen molar-refractivity contribution in [1.82, 2.24) is 4.98 Å². The van der Waals surface area contributed by atoms with Crippen molar-refractivity contribution in [2.75, 3.05) is 37.9 Å². The Balaban J connectivity index is 2.79. The van der Waals surface area contributed by atoms with Gasteiger partial charge < -0.3 is 20.5 Å². The Labute approximate surface area is 113 Å². The van der Waals surface area contributed by atoms with Crippen molar-refractivity contribution >= 4 is 17.5 Å². The summed E-state index contributed by atoms with van der Waals surface area (Å²) in [6.07, 6.45) is 1.54. The van der Waals surface area contributed by atoms with Gasteiger partial charge in [0.1, 0.15) is 5.82 Å². The zero-order valence-corrected chi connectivity index (χ0v) is 11.6. The normalized spacial score (nSPS) is 11.9. The maximum atomic E-state index is 11.8. The molecule has 0 aliphatic rings. The van der Waals surface area contributed by atoms with E-state index in [9.17, 15) is 4.79 Å². The minimum Gasteiger partial charge on any atom is -0.462 e. The molecule has 1 rings (SSSR count). The third-order valence-electron chi connectivity index (χ3n) is 2.51. The largest absolute Gasteiger partial charge is 0.462 e. The van der Waals surface area contributed by atoms with Crippen molar-refractivity contribution < 1.29 is 14.3 Å². The second kappa shape index (κ2) is 7.58. The number of hydrogen-bond donors (Lipinski definition) is 2. The van der Waals surface area contributed by atoms with E-state index in [-0.39, 0.29) is 0 Å². The van der Waals surface area contributed by atoms with Crippen molar-refractivity contribution in [3.05, 3.63) is 17.8 Å². The highest BCUT2D eigenvalue weighted by atomic mass is 16.5. The van der Waals surface area contributed by atoms with E-state index in [1.54, 1.807) is 20.2 Å². The SMILES string of the molecule is CCOC(=O)c1cc(N)ncc1NCC(C)COC. The molecular formula is C13H21N3O3. The minimum atomic E-state index is -0.404. The number of nitrogens with two attached hydrogens (primary N) is 1. The predicted molar refractivity (Wildman–Crippen MR) is 74.1 cm³/mol. The molecule has 0 spiro atoms. The summed E-state index contributed by atoms with van der Waals surface area (Å²) >= 11 is 0. The van der Waals surface area contributed by atoms with Crippen LogP contribution >= 0.6 is 0 Å². The van der Waals surface area contributed by atoms with Crippen LogP contribution in [0.15, 0.2) is 12.3 Å². The Morgan fingerprint density at radius 3 is 2.95 bits per heavy atom. The molecule has 1 heterocycles. The first kappa shape index (κ1) is 15.2. The molecule has 0 bridgehead atoms. The molecule has 0 aliphatic carbocycles. The van der Waals surface area contributed by atoms with Crippen LogP contribution in [0.4, 0.5) is 11.5 Å². The van der Waals surface area contributed by atoms with Gasteiger partial charge in [0.2, 0.25) is 0 Å². The molecule has 0 aliphatic heterocycles. The van der Waals surface area contributed by atoms with Crippen LogP contribution in [0.2, 0.25) is 0 Å². The van der Waals surface area contributed by atoms with Gasteiger partial charge in [0, 0.05) is 13.7 Å². The molecule has 106 valence electrons. The van der Waals surface area contributed by atoms with Crippen LogP contribution in [0.5, 0.6) is 0 Å². The van der Waals surface area contributed by atoms with E-state index in [0.717, 1.165) is 0 Å². The number of anilines is 2. The number of hydrogen-bond acceptors (Lipinski definition) is 6. The number of nitrogens with one attached hydrogen (secondary N) is 1. The van der Waals surface area contributed by atoms with Gasteiger partial charge in [-0.15, -0.1) is 0 Å². The fourth-order valence-electron chi connectivity index (χ4n) is 1.62. The van der Waals surface area contributed by atoms with Crippen LogP contribution in [0.3, 0.4) is 0 Å². The highest BCUT2D eigenvalue weighted by Crippen LogP contribution is 2.18. The molecule has 1 aromatic rings. The summed E-state index contributed by atoms with van der Waals surface area (Å²) in [5, 5.41) is 3.17. The third kappa shape index (κ3) is 4.75. The van der Waals surface area contributed by atoms with Gasteiger partial charge in [-0.3, -0.25) is 0 Å². The zero-order chi connectivity index (χ0) is 14.3. The summed E-state index contributed by atoms with van der Waals surface area (Å²) in [5.41, 5.74) is 6.62. The molecule has 6 nitrogen and oxygen atoms in total. The van der Waals surface area contributed by atoms with Crippen molar-refractivity contribution in [2.24, 2.45) is 5.92 Å². The number of carbonyl (C=O) groups excluding carboxylic acids is 1. The summed E-state index contributed by atoms with van der Waals surface area (Å²) in [4.78, 5) is 15.8. The van der Waals surface area contributed by atoms with Crippen molar-refractivity contribution in [1.29, 1.82) is 0 Å². The number of carbonyl (C=O) groups is 1. The molecule has 0 fully saturated rings. The molecule has 0 amide bonds. The molecule has 1 atom stereocenters. The Hall–Kier alpha value is -1.82. The van der Waals surface area contributed by atoms with Gasteiger partial charge in [0.25, 0.3) is 0 Å². The Kier molecular flexibility index (Phi) is 6.08. The summed E-state index contributed by atoms with van der Waals surface area (Å²) in [7, 11) is 1.66. The number of rotatable bonds is 7. The predicted octanol–water partition coefficient (Wildman–Crippen LogP) is 1.53. The van der Waals surface area contributed by atoms with E-state index in [2.05, 4.69) is 10.3 Å². The molecular weight excluding hydrogens is 246 g/mol. The van der Waals surface area contributed by atoms with E-state index in [1.165, 1.54) is 6.07 Å². The molecule has 3 N–H and O–H groups in total. The zero-order valence-electron chi connectivity index (χ0n) is 11.6. The second-order valence-electron chi connectivity index (χ2n) is 4.32. The fourth-order valence-corrected chi connectivity index (χ4v) is 1.62. The van der Waals surface area contributed by atoms with Gasteiger partial charge in [-0.05, 0) is 18.9 Å². The first-order valence-corrected chi connectivity index (χ1v) is 6.23. The van der Waals surface area contributed by atoms with E-state index in [0.29, 0.717) is 42.7 Å². The Morgan fingerprint density at radius 2 is 2.32 bits per heavy atom. The number of nitrogens with zero attached hydrogens (tertiary/aromatic N) is 1. The van der Waals surface area contributed by atoms with Crippen molar-refractivity contribution in [3.8, 4) is 0 Å². The lowest BCUT2D eigenvalue weighted by Crippen LogP contribution is -2.18. The van der Waals surface area contributed by atoms with Crippen LogP contribution in [-0.2, 0) is 9.47 Å². The molecule has 6 heteroatoms. The Morgan fingerprint density at radius 1 is 1.58 bits per heavy atom. The molecule has 19 heavy (non-hydrogen) atoms. The lowest BCUT2D eigenvalue weighted by atomic mass is 10.1. The number of esters is 1. The lowest BCUT2D eigenvalue weighted by molar-refractivity contribution is 0.0527. The van der Waals surface area contributed by atoms with Crippen molar-refractivity contribution in [2.45, 2.75) is 13.8 Å². The highest BCUT2D eigenvalue weighted by Gasteiger charge is 2.14. The number of methoxy groups -OCH3 is 1. The van der Waals surface area contributed by atoms with Crippen LogP contribution in [0.1, 0.15) is 24.2 Å². The molecule has 0 saturated heterocycles. The average molecular weight is 267 g/mol. The topological polar surface area (TPSA) is 86.5 Å². The van der Waals surface area contributed by atoms with Gasteiger partial charge in [0.15, 0.2) is 0 Å². The van der Waals surface area contributed by atoms with Gasteiger partial charge in [-0.2, -0.15) is 0 Å².